The van der Waals surface area contributed by atoms with E-state index in [0.717, 1.165) is 37.7 Å². The number of unbranched alkanes of at least 4 members (excludes halogenated alkanes) is 5. The number of carbonyl (C=O) groups is 1. The van der Waals surface area contributed by atoms with Crippen LogP contribution in [-0.2, 0) is 25.4 Å². The van der Waals surface area contributed by atoms with Crippen LogP contribution in [0.1, 0.15) is 79.6 Å². The lowest BCUT2D eigenvalue weighted by molar-refractivity contribution is -0.143. The summed E-state index contributed by atoms with van der Waals surface area (Å²) in [7, 11) is -0.344. The van der Waals surface area contributed by atoms with E-state index in [1.165, 1.54) is 12.8 Å². The van der Waals surface area contributed by atoms with E-state index in [2.05, 4.69) is 32.8 Å². The van der Waals surface area contributed by atoms with Crippen LogP contribution in [0.15, 0.2) is 12.4 Å². The quantitative estimate of drug-likeness (QED) is 0.335. The maximum atomic E-state index is 11.3. The van der Waals surface area contributed by atoms with Gasteiger partial charge in [0, 0.05) is 30.8 Å². The van der Waals surface area contributed by atoms with Crippen molar-refractivity contribution in [3.05, 3.63) is 12.4 Å². The first-order chi connectivity index (χ1) is 12.7. The topological polar surface area (TPSA) is 62.6 Å². The molecule has 6 nitrogen and oxygen atoms in total. The Kier molecular flexibility index (Phi) is 7.92. The van der Waals surface area contributed by atoms with Gasteiger partial charge in [0.1, 0.15) is 0 Å². The van der Waals surface area contributed by atoms with Crippen LogP contribution >= 0.6 is 0 Å². The minimum Gasteiger partial charge on any atom is -0.466 e. The van der Waals surface area contributed by atoms with Gasteiger partial charge in [-0.1, -0.05) is 25.7 Å². The van der Waals surface area contributed by atoms with Crippen molar-refractivity contribution >= 4 is 18.6 Å². The monoisotopic (exact) mass is 378 g/mol. The van der Waals surface area contributed by atoms with Crippen molar-refractivity contribution in [2.24, 2.45) is 0 Å². The molecule has 0 unspecified atom stereocenters. The molecule has 1 aliphatic rings. The van der Waals surface area contributed by atoms with Crippen LogP contribution < -0.4 is 5.46 Å². The first-order valence-corrected chi connectivity index (χ1v) is 10.3. The van der Waals surface area contributed by atoms with Gasteiger partial charge in [-0.15, -0.1) is 0 Å². The number of hydrogen-bond donors (Lipinski definition) is 0. The van der Waals surface area contributed by atoms with Gasteiger partial charge in [0.25, 0.3) is 0 Å². The predicted molar refractivity (Wildman–Crippen MR) is 107 cm³/mol. The molecule has 0 atom stereocenters. The minimum absolute atomic E-state index is 0.0750. The van der Waals surface area contributed by atoms with Gasteiger partial charge < -0.3 is 14.0 Å². The molecule has 0 aliphatic carbocycles. The summed E-state index contributed by atoms with van der Waals surface area (Å²) in [6.45, 7) is 11.5. The van der Waals surface area contributed by atoms with Crippen LogP contribution in [0.3, 0.4) is 0 Å². The molecule has 152 valence electrons. The Labute approximate surface area is 164 Å². The molecular formula is C20H35BN2O4. The van der Waals surface area contributed by atoms with Gasteiger partial charge in [0.05, 0.1) is 17.8 Å². The third-order valence-electron chi connectivity index (χ3n) is 5.50. The van der Waals surface area contributed by atoms with Crippen molar-refractivity contribution in [3.63, 3.8) is 0 Å². The smallest absolute Gasteiger partial charge is 0.466 e. The maximum absolute atomic E-state index is 11.3. The molecule has 0 bridgehead atoms. The van der Waals surface area contributed by atoms with Crippen LogP contribution in [0.2, 0.25) is 0 Å². The average molecular weight is 378 g/mol. The zero-order valence-electron chi connectivity index (χ0n) is 17.6. The third kappa shape index (κ3) is 6.35. The molecule has 2 heterocycles. The number of esters is 1. The number of nitrogens with zero attached hydrogens (tertiary/aromatic N) is 2. The second kappa shape index (κ2) is 9.74. The summed E-state index contributed by atoms with van der Waals surface area (Å²) < 4.78 is 19.0. The average Bonchev–Trinajstić information content (AvgIpc) is 3.13. The lowest BCUT2D eigenvalue weighted by Gasteiger charge is -2.32. The van der Waals surface area contributed by atoms with E-state index in [1.807, 2.05) is 24.0 Å². The Morgan fingerprint density at radius 2 is 1.67 bits per heavy atom. The predicted octanol–water partition coefficient (Wildman–Crippen LogP) is 3.48. The van der Waals surface area contributed by atoms with Gasteiger partial charge in [-0.25, -0.2) is 0 Å². The highest BCUT2D eigenvalue weighted by Gasteiger charge is 2.52. The molecule has 7 heteroatoms. The summed E-state index contributed by atoms with van der Waals surface area (Å²) in [5, 5.41) is 4.45. The molecule has 2 rings (SSSR count). The fraction of sp³-hybridized carbons (Fsp3) is 0.800. The molecule has 1 aromatic heterocycles. The standard InChI is InChI=1S/C20H35BN2O4/c1-6-25-18(24)13-11-9-7-8-10-12-14-23-16-17(15-22-23)21-26-19(2,3)20(4,5)27-21/h15-16H,6-14H2,1-5H3. The highest BCUT2D eigenvalue weighted by Crippen LogP contribution is 2.36. The Balaban J connectivity index is 1.60. The van der Waals surface area contributed by atoms with E-state index >= 15 is 0 Å². The van der Waals surface area contributed by atoms with E-state index in [1.54, 1.807) is 0 Å². The fourth-order valence-electron chi connectivity index (χ4n) is 3.09. The molecule has 27 heavy (non-hydrogen) atoms. The van der Waals surface area contributed by atoms with E-state index in [4.69, 9.17) is 14.0 Å². The summed E-state index contributed by atoms with van der Waals surface area (Å²) in [5.41, 5.74) is 0.327. The lowest BCUT2D eigenvalue weighted by atomic mass is 9.82. The Hall–Kier alpha value is -1.34. The van der Waals surface area contributed by atoms with Crippen LogP contribution in [-0.4, -0.2) is 40.7 Å². The van der Waals surface area contributed by atoms with Crippen molar-refractivity contribution < 1.29 is 18.8 Å². The molecular weight excluding hydrogens is 343 g/mol. The summed E-state index contributed by atoms with van der Waals surface area (Å²) in [4.78, 5) is 11.3. The fourth-order valence-corrected chi connectivity index (χ4v) is 3.09. The Morgan fingerprint density at radius 1 is 1.07 bits per heavy atom. The van der Waals surface area contributed by atoms with Crippen molar-refractivity contribution in [2.75, 3.05) is 6.61 Å². The van der Waals surface area contributed by atoms with Gasteiger partial charge in [-0.05, 0) is 47.5 Å². The normalized spacial score (nSPS) is 18.0. The molecule has 1 aliphatic heterocycles. The molecule has 0 radical (unpaired) electrons. The molecule has 0 aromatic carbocycles. The first kappa shape index (κ1) is 22.0. The van der Waals surface area contributed by atoms with Gasteiger partial charge >= 0.3 is 13.1 Å². The molecule has 1 aromatic rings. The van der Waals surface area contributed by atoms with Gasteiger partial charge in [0.2, 0.25) is 0 Å². The van der Waals surface area contributed by atoms with Gasteiger partial charge in [-0.2, -0.15) is 5.10 Å². The number of aryl methyl sites for hydroxylation is 1. The number of ether oxygens (including phenoxy) is 1. The van der Waals surface area contributed by atoms with E-state index in [9.17, 15) is 4.79 Å². The zero-order chi connectivity index (χ0) is 19.9. The highest BCUT2D eigenvalue weighted by atomic mass is 16.7. The van der Waals surface area contributed by atoms with Crippen molar-refractivity contribution in [1.82, 2.24) is 9.78 Å². The van der Waals surface area contributed by atoms with E-state index in [0.29, 0.717) is 13.0 Å². The second-order valence-corrected chi connectivity index (χ2v) is 8.30. The van der Waals surface area contributed by atoms with Gasteiger partial charge in [0.15, 0.2) is 0 Å². The number of aromatic nitrogens is 2. The molecule has 0 N–H and O–H groups in total. The van der Waals surface area contributed by atoms with Crippen molar-refractivity contribution in [1.29, 1.82) is 0 Å². The lowest BCUT2D eigenvalue weighted by Crippen LogP contribution is -2.41. The van der Waals surface area contributed by atoms with Gasteiger partial charge in [-0.3, -0.25) is 9.48 Å². The third-order valence-corrected chi connectivity index (χ3v) is 5.50. The molecule has 0 amide bonds. The first-order valence-electron chi connectivity index (χ1n) is 10.3. The van der Waals surface area contributed by atoms with Crippen LogP contribution in [0.25, 0.3) is 0 Å². The summed E-state index contributed by atoms with van der Waals surface area (Å²) >= 11 is 0. The summed E-state index contributed by atoms with van der Waals surface area (Å²) in [6, 6.07) is 0. The maximum Gasteiger partial charge on any atom is 0.498 e. The second-order valence-electron chi connectivity index (χ2n) is 8.30. The van der Waals surface area contributed by atoms with E-state index < -0.39 is 0 Å². The zero-order valence-corrected chi connectivity index (χ0v) is 17.6. The van der Waals surface area contributed by atoms with Crippen LogP contribution in [0.4, 0.5) is 0 Å². The summed E-state index contributed by atoms with van der Waals surface area (Å²) in [6.07, 6.45) is 11.1. The molecule has 0 spiro atoms. The Morgan fingerprint density at radius 3 is 2.30 bits per heavy atom. The van der Waals surface area contributed by atoms with Crippen LogP contribution in [0.5, 0.6) is 0 Å². The SMILES string of the molecule is CCOC(=O)CCCCCCCCn1cc(B2OC(C)(C)C(C)(C)O2)cn1. The molecule has 0 saturated carbocycles. The highest BCUT2D eigenvalue weighted by molar-refractivity contribution is 6.61. The molecule has 1 fully saturated rings. The number of hydrogen-bond acceptors (Lipinski definition) is 5. The largest absolute Gasteiger partial charge is 0.498 e. The minimum atomic E-state index is -0.344. The number of rotatable bonds is 11. The van der Waals surface area contributed by atoms with Crippen molar-refractivity contribution in [2.45, 2.75) is 97.3 Å². The van der Waals surface area contributed by atoms with Crippen LogP contribution in [0, 0.1) is 0 Å². The van der Waals surface area contributed by atoms with Crippen molar-refractivity contribution in [3.8, 4) is 0 Å². The van der Waals surface area contributed by atoms with E-state index in [-0.39, 0.29) is 24.3 Å². The Bertz CT molecular complexity index is 585. The summed E-state index contributed by atoms with van der Waals surface area (Å²) in [5.74, 6) is -0.0750. The molecule has 1 saturated heterocycles. The number of carbonyl (C=O) groups excluding carboxylic acids is 1.